The fraction of sp³-hybridized carbons (Fsp3) is 0.462. The molecule has 116 valence electrons. The average molecular weight is 348 g/mol. The second kappa shape index (κ2) is 6.08. The lowest BCUT2D eigenvalue weighted by atomic mass is 10.3. The van der Waals surface area contributed by atoms with Gasteiger partial charge in [0, 0.05) is 32.4 Å². The molecule has 0 amide bonds. The van der Waals surface area contributed by atoms with Gasteiger partial charge in [0.25, 0.3) is 0 Å². The van der Waals surface area contributed by atoms with E-state index in [4.69, 9.17) is 0 Å². The molecule has 1 aromatic heterocycles. The first-order chi connectivity index (χ1) is 9.45. The van der Waals surface area contributed by atoms with Crippen LogP contribution in [0.15, 0.2) is 23.1 Å². The maximum atomic E-state index is 11.8. The molecule has 0 spiro atoms. The molecule has 5 nitrogen and oxygen atoms in total. The van der Waals surface area contributed by atoms with Crippen LogP contribution in [0.25, 0.3) is 10.2 Å². The van der Waals surface area contributed by atoms with E-state index in [0.717, 1.165) is 36.0 Å². The molecule has 1 aliphatic heterocycles. The first-order valence-corrected chi connectivity index (χ1v) is 9.19. The van der Waals surface area contributed by atoms with Crippen LogP contribution < -0.4 is 4.90 Å². The van der Waals surface area contributed by atoms with Crippen molar-refractivity contribution in [3.8, 4) is 0 Å². The van der Waals surface area contributed by atoms with Crippen molar-refractivity contribution in [1.82, 2.24) is 9.88 Å². The lowest BCUT2D eigenvalue weighted by Gasteiger charge is -2.32. The summed E-state index contributed by atoms with van der Waals surface area (Å²) >= 11 is 1.57. The summed E-state index contributed by atoms with van der Waals surface area (Å²) in [6, 6.07) is 5.34. The SMILES string of the molecule is CN1CCN(c2nc3c(S(C)(=O)=O)cccc3s2)CC1.Cl. The molecule has 0 N–H and O–H groups in total. The highest BCUT2D eigenvalue weighted by Crippen LogP contribution is 2.32. The summed E-state index contributed by atoms with van der Waals surface area (Å²) in [5.74, 6) is 0. The fourth-order valence-electron chi connectivity index (χ4n) is 2.34. The molecule has 0 bridgehead atoms. The smallest absolute Gasteiger partial charge is 0.186 e. The van der Waals surface area contributed by atoms with Crippen molar-refractivity contribution < 1.29 is 8.42 Å². The first-order valence-electron chi connectivity index (χ1n) is 6.48. The lowest BCUT2D eigenvalue weighted by Crippen LogP contribution is -2.44. The van der Waals surface area contributed by atoms with Crippen LogP contribution in [0.5, 0.6) is 0 Å². The van der Waals surface area contributed by atoms with Gasteiger partial charge in [-0.1, -0.05) is 17.4 Å². The van der Waals surface area contributed by atoms with Gasteiger partial charge in [-0.05, 0) is 19.2 Å². The Labute approximate surface area is 134 Å². The van der Waals surface area contributed by atoms with Crippen molar-refractivity contribution in [3.63, 3.8) is 0 Å². The average Bonchev–Trinajstić information content (AvgIpc) is 2.81. The monoisotopic (exact) mass is 347 g/mol. The number of fused-ring (bicyclic) bond motifs is 1. The molecule has 1 aliphatic rings. The Balaban J connectivity index is 0.00000161. The van der Waals surface area contributed by atoms with Crippen molar-refractivity contribution in [2.75, 3.05) is 44.4 Å². The van der Waals surface area contributed by atoms with Gasteiger partial charge in [-0.25, -0.2) is 13.4 Å². The number of rotatable bonds is 2. The van der Waals surface area contributed by atoms with Gasteiger partial charge in [-0.3, -0.25) is 0 Å². The van der Waals surface area contributed by atoms with Crippen LogP contribution in [-0.2, 0) is 9.84 Å². The molecule has 0 radical (unpaired) electrons. The molecule has 3 rings (SSSR count). The molecule has 21 heavy (non-hydrogen) atoms. The Morgan fingerprint density at radius 1 is 1.19 bits per heavy atom. The second-order valence-corrected chi connectivity index (χ2v) is 8.16. The Bertz CT molecular complexity index is 737. The number of anilines is 1. The summed E-state index contributed by atoms with van der Waals surface area (Å²) in [7, 11) is -1.13. The maximum Gasteiger partial charge on any atom is 0.186 e. The van der Waals surface area contributed by atoms with Crippen LogP contribution in [0.2, 0.25) is 0 Å². The third kappa shape index (κ3) is 3.31. The third-order valence-corrected chi connectivity index (χ3v) is 5.75. The lowest BCUT2D eigenvalue weighted by molar-refractivity contribution is 0.313. The number of thiazole rings is 1. The molecule has 8 heteroatoms. The minimum Gasteiger partial charge on any atom is -0.345 e. The van der Waals surface area contributed by atoms with E-state index >= 15 is 0 Å². The number of hydrogen-bond acceptors (Lipinski definition) is 6. The number of likely N-dealkylation sites (N-methyl/N-ethyl adjacent to an activating group) is 1. The number of nitrogens with zero attached hydrogens (tertiary/aromatic N) is 3. The molecule has 1 saturated heterocycles. The summed E-state index contributed by atoms with van der Waals surface area (Å²) in [4.78, 5) is 9.42. The van der Waals surface area contributed by atoms with Crippen molar-refractivity contribution in [1.29, 1.82) is 0 Å². The van der Waals surface area contributed by atoms with E-state index in [1.54, 1.807) is 23.5 Å². The topological polar surface area (TPSA) is 53.5 Å². The Morgan fingerprint density at radius 2 is 1.86 bits per heavy atom. The minimum atomic E-state index is -3.24. The van der Waals surface area contributed by atoms with Crippen LogP contribution >= 0.6 is 23.7 Å². The van der Waals surface area contributed by atoms with Crippen molar-refractivity contribution >= 4 is 48.9 Å². The highest BCUT2D eigenvalue weighted by Gasteiger charge is 2.20. The van der Waals surface area contributed by atoms with Crippen molar-refractivity contribution in [3.05, 3.63) is 18.2 Å². The van der Waals surface area contributed by atoms with Crippen molar-refractivity contribution in [2.24, 2.45) is 0 Å². The zero-order valence-electron chi connectivity index (χ0n) is 11.9. The zero-order chi connectivity index (χ0) is 14.3. The number of para-hydroxylation sites is 1. The molecule has 0 unspecified atom stereocenters. The van der Waals surface area contributed by atoms with Gasteiger partial charge in [0.15, 0.2) is 15.0 Å². The first kappa shape index (κ1) is 16.5. The van der Waals surface area contributed by atoms with E-state index in [1.165, 1.54) is 6.26 Å². The normalized spacial score (nSPS) is 17.0. The van der Waals surface area contributed by atoms with E-state index in [1.807, 2.05) is 6.07 Å². The zero-order valence-corrected chi connectivity index (χ0v) is 14.4. The summed E-state index contributed by atoms with van der Waals surface area (Å²) in [5, 5.41) is 0.921. The Hall–Kier alpha value is -0.890. The molecule has 0 atom stereocenters. The summed E-state index contributed by atoms with van der Waals surface area (Å²) < 4.78 is 24.6. The predicted octanol–water partition coefficient (Wildman–Crippen LogP) is 1.87. The highest BCUT2D eigenvalue weighted by molar-refractivity contribution is 7.91. The maximum absolute atomic E-state index is 11.8. The number of halogens is 1. The van der Waals surface area contributed by atoms with Crippen LogP contribution in [0.3, 0.4) is 0 Å². The molecule has 1 fully saturated rings. The number of piperazine rings is 1. The van der Waals surface area contributed by atoms with E-state index in [-0.39, 0.29) is 12.4 Å². The molecule has 1 aromatic carbocycles. The number of hydrogen-bond donors (Lipinski definition) is 0. The van der Waals surface area contributed by atoms with Gasteiger partial charge in [-0.2, -0.15) is 0 Å². The summed E-state index contributed by atoms with van der Waals surface area (Å²) in [6.07, 6.45) is 1.23. The standard InChI is InChI=1S/C13H17N3O2S2.ClH/c1-15-6-8-16(9-7-15)13-14-12-10(19-13)4-3-5-11(12)20(2,17)18;/h3-5H,6-9H2,1-2H3;1H. The van der Waals surface area contributed by atoms with E-state index < -0.39 is 9.84 Å². The molecular formula is C13H18ClN3O2S2. The predicted molar refractivity (Wildman–Crippen MR) is 89.7 cm³/mol. The van der Waals surface area contributed by atoms with Gasteiger partial charge < -0.3 is 9.80 Å². The Kier molecular flexibility index (Phi) is 4.77. The molecular weight excluding hydrogens is 330 g/mol. The second-order valence-electron chi connectivity index (χ2n) is 5.16. The van der Waals surface area contributed by atoms with E-state index in [0.29, 0.717) is 10.4 Å². The Morgan fingerprint density at radius 3 is 2.48 bits per heavy atom. The largest absolute Gasteiger partial charge is 0.345 e. The number of aromatic nitrogens is 1. The van der Waals surface area contributed by atoms with Crippen LogP contribution in [-0.4, -0.2) is 57.8 Å². The summed E-state index contributed by atoms with van der Waals surface area (Å²) in [5.41, 5.74) is 0.605. The van der Waals surface area contributed by atoms with Crippen LogP contribution in [0.1, 0.15) is 0 Å². The minimum absolute atomic E-state index is 0. The quantitative estimate of drug-likeness (QED) is 0.830. The van der Waals surface area contributed by atoms with Gasteiger partial charge in [-0.15, -0.1) is 12.4 Å². The van der Waals surface area contributed by atoms with E-state index in [2.05, 4.69) is 21.8 Å². The number of sulfone groups is 1. The third-order valence-electron chi connectivity index (χ3n) is 3.54. The van der Waals surface area contributed by atoms with Gasteiger partial charge in [0.05, 0.1) is 9.60 Å². The molecule has 2 heterocycles. The van der Waals surface area contributed by atoms with Crippen LogP contribution in [0, 0.1) is 0 Å². The molecule has 0 saturated carbocycles. The molecule has 0 aliphatic carbocycles. The van der Waals surface area contributed by atoms with Crippen molar-refractivity contribution in [2.45, 2.75) is 4.90 Å². The van der Waals surface area contributed by atoms with Gasteiger partial charge in [0.2, 0.25) is 0 Å². The van der Waals surface area contributed by atoms with E-state index in [9.17, 15) is 8.42 Å². The fourth-order valence-corrected chi connectivity index (χ4v) is 4.29. The van der Waals surface area contributed by atoms with Gasteiger partial charge in [0.1, 0.15) is 5.52 Å². The highest BCUT2D eigenvalue weighted by atomic mass is 35.5. The number of benzene rings is 1. The van der Waals surface area contributed by atoms with Gasteiger partial charge >= 0.3 is 0 Å². The summed E-state index contributed by atoms with van der Waals surface area (Å²) in [6.45, 7) is 3.89. The molecule has 2 aromatic rings. The van der Waals surface area contributed by atoms with Crippen LogP contribution in [0.4, 0.5) is 5.13 Å².